The monoisotopic (exact) mass is 226 g/mol. The summed E-state index contributed by atoms with van der Waals surface area (Å²) in [5, 5.41) is 18.4. The predicted octanol–water partition coefficient (Wildman–Crippen LogP) is 2.79. The molecule has 1 heterocycles. The van der Waals surface area contributed by atoms with Gasteiger partial charge in [0.25, 0.3) is 0 Å². The average molecular weight is 226 g/mol. The molecule has 4 heteroatoms. The number of nitriles is 1. The highest BCUT2D eigenvalue weighted by Gasteiger charge is 2.14. The van der Waals surface area contributed by atoms with E-state index in [1.807, 2.05) is 30.3 Å². The van der Waals surface area contributed by atoms with Gasteiger partial charge >= 0.3 is 5.97 Å². The van der Waals surface area contributed by atoms with Crippen LogP contribution >= 0.6 is 0 Å². The van der Waals surface area contributed by atoms with Crippen molar-refractivity contribution in [1.82, 2.24) is 4.98 Å². The van der Waals surface area contributed by atoms with Crippen molar-refractivity contribution in [3.63, 3.8) is 0 Å². The summed E-state index contributed by atoms with van der Waals surface area (Å²) in [5.41, 5.74) is 1.55. The van der Waals surface area contributed by atoms with E-state index in [1.165, 1.54) is 0 Å². The molecule has 0 saturated heterocycles. The maximum Gasteiger partial charge on any atom is 0.352 e. The minimum Gasteiger partial charge on any atom is -0.477 e. The fourth-order valence-electron chi connectivity index (χ4n) is 1.73. The van der Waals surface area contributed by atoms with Crippen LogP contribution < -0.4 is 0 Å². The molecule has 84 valence electrons. The number of aromatic carboxylic acids is 1. The molecule has 0 spiro atoms. The van der Waals surface area contributed by atoms with Crippen molar-refractivity contribution in [2.45, 2.75) is 6.42 Å². The molecule has 2 N–H and O–H groups in total. The van der Waals surface area contributed by atoms with E-state index in [1.54, 1.807) is 12.2 Å². The third-order valence-corrected chi connectivity index (χ3v) is 2.45. The predicted molar refractivity (Wildman–Crippen MR) is 64.5 cm³/mol. The molecule has 0 aliphatic carbocycles. The zero-order chi connectivity index (χ0) is 12.3. The van der Waals surface area contributed by atoms with Crippen LogP contribution in [0.3, 0.4) is 0 Å². The number of carbonyl (C=O) groups is 1. The van der Waals surface area contributed by atoms with Gasteiger partial charge < -0.3 is 10.1 Å². The van der Waals surface area contributed by atoms with Crippen LogP contribution in [0.25, 0.3) is 17.0 Å². The van der Waals surface area contributed by atoms with E-state index in [0.29, 0.717) is 5.56 Å². The maximum atomic E-state index is 11.1. The number of allylic oxidation sites excluding steroid dienone is 1. The lowest BCUT2D eigenvalue weighted by atomic mass is 10.1. The van der Waals surface area contributed by atoms with Crippen LogP contribution in [0.2, 0.25) is 0 Å². The van der Waals surface area contributed by atoms with Gasteiger partial charge in [-0.05, 0) is 6.07 Å². The van der Waals surface area contributed by atoms with Crippen molar-refractivity contribution in [2.24, 2.45) is 0 Å². The Morgan fingerprint density at radius 1 is 1.47 bits per heavy atom. The highest BCUT2D eigenvalue weighted by Crippen LogP contribution is 2.23. The van der Waals surface area contributed by atoms with Gasteiger partial charge in [-0.15, -0.1) is 0 Å². The van der Waals surface area contributed by atoms with Crippen LogP contribution in [0.5, 0.6) is 0 Å². The molecule has 0 atom stereocenters. The summed E-state index contributed by atoms with van der Waals surface area (Å²) in [7, 11) is 0. The van der Waals surface area contributed by atoms with Gasteiger partial charge in [0, 0.05) is 16.5 Å². The number of aromatic amines is 1. The Hall–Kier alpha value is -2.54. The zero-order valence-electron chi connectivity index (χ0n) is 8.97. The Morgan fingerprint density at radius 2 is 2.24 bits per heavy atom. The number of rotatable bonds is 3. The summed E-state index contributed by atoms with van der Waals surface area (Å²) in [4.78, 5) is 14.0. The lowest BCUT2D eigenvalue weighted by Gasteiger charge is -1.93. The minimum absolute atomic E-state index is 0.153. The van der Waals surface area contributed by atoms with Crippen molar-refractivity contribution in [3.05, 3.63) is 41.6 Å². The fraction of sp³-hybridized carbons (Fsp3) is 0.0769. The van der Waals surface area contributed by atoms with Crippen molar-refractivity contribution in [3.8, 4) is 6.07 Å². The summed E-state index contributed by atoms with van der Waals surface area (Å²) < 4.78 is 0. The molecule has 0 aliphatic rings. The van der Waals surface area contributed by atoms with Crippen molar-refractivity contribution < 1.29 is 9.90 Å². The van der Waals surface area contributed by atoms with E-state index in [9.17, 15) is 4.79 Å². The number of para-hydroxylation sites is 1. The Kier molecular flexibility index (Phi) is 2.93. The molecule has 0 radical (unpaired) electrons. The van der Waals surface area contributed by atoms with Gasteiger partial charge in [0.2, 0.25) is 0 Å². The smallest absolute Gasteiger partial charge is 0.352 e. The molecule has 1 aromatic heterocycles. The highest BCUT2D eigenvalue weighted by molar-refractivity contribution is 6.01. The Balaban J connectivity index is 2.60. The topological polar surface area (TPSA) is 76.9 Å². The van der Waals surface area contributed by atoms with E-state index >= 15 is 0 Å². The van der Waals surface area contributed by atoms with E-state index in [-0.39, 0.29) is 12.1 Å². The molecule has 4 nitrogen and oxygen atoms in total. The number of nitrogens with zero attached hydrogens (tertiary/aromatic N) is 1. The molecular formula is C13H10N2O2. The molecule has 0 unspecified atom stereocenters. The second-order valence-electron chi connectivity index (χ2n) is 3.53. The number of H-pyrrole nitrogens is 1. The first kappa shape index (κ1) is 11.0. The van der Waals surface area contributed by atoms with Gasteiger partial charge in [0.05, 0.1) is 12.5 Å². The molecular weight excluding hydrogens is 216 g/mol. The van der Waals surface area contributed by atoms with Crippen LogP contribution in [0.15, 0.2) is 30.3 Å². The second-order valence-corrected chi connectivity index (χ2v) is 3.53. The zero-order valence-corrected chi connectivity index (χ0v) is 8.97. The number of hydrogen-bond donors (Lipinski definition) is 2. The first-order valence-corrected chi connectivity index (χ1v) is 5.11. The van der Waals surface area contributed by atoms with E-state index < -0.39 is 5.97 Å². The van der Waals surface area contributed by atoms with Crippen LogP contribution in [0.1, 0.15) is 22.5 Å². The number of hydrogen-bond acceptors (Lipinski definition) is 2. The highest BCUT2D eigenvalue weighted by atomic mass is 16.4. The molecule has 0 amide bonds. The number of carboxylic acid groups (broad SMARTS) is 1. The summed E-state index contributed by atoms with van der Waals surface area (Å²) in [5.74, 6) is -1.00. The molecule has 17 heavy (non-hydrogen) atoms. The molecule has 0 bridgehead atoms. The number of nitrogens with one attached hydrogen (secondary N) is 1. The van der Waals surface area contributed by atoms with Gasteiger partial charge in [0.1, 0.15) is 5.69 Å². The molecule has 0 aliphatic heterocycles. The van der Waals surface area contributed by atoms with Gasteiger partial charge in [-0.1, -0.05) is 30.4 Å². The molecule has 2 aromatic rings. The number of aromatic nitrogens is 1. The molecule has 2 rings (SSSR count). The normalized spacial score (nSPS) is 10.8. The largest absolute Gasteiger partial charge is 0.477 e. The lowest BCUT2D eigenvalue weighted by Crippen LogP contribution is -1.98. The van der Waals surface area contributed by atoms with Crippen LogP contribution in [0.4, 0.5) is 0 Å². The number of carboxylic acids is 1. The van der Waals surface area contributed by atoms with Gasteiger partial charge in [-0.3, -0.25) is 0 Å². The van der Waals surface area contributed by atoms with Crippen molar-refractivity contribution in [2.75, 3.05) is 0 Å². The standard InChI is InChI=1S/C13H10N2O2/c14-8-4-3-6-10-9-5-1-2-7-11(9)15-12(10)13(16)17/h1-3,5-7,15H,4H2,(H,16,17). The average Bonchev–Trinajstić information content (AvgIpc) is 2.69. The maximum absolute atomic E-state index is 11.1. The third-order valence-electron chi connectivity index (χ3n) is 2.45. The third kappa shape index (κ3) is 2.04. The van der Waals surface area contributed by atoms with Crippen molar-refractivity contribution >= 4 is 22.9 Å². The van der Waals surface area contributed by atoms with Crippen LogP contribution in [-0.4, -0.2) is 16.1 Å². The van der Waals surface area contributed by atoms with E-state index in [0.717, 1.165) is 10.9 Å². The van der Waals surface area contributed by atoms with Crippen LogP contribution in [0, 0.1) is 11.3 Å². The molecule has 0 fully saturated rings. The quantitative estimate of drug-likeness (QED) is 0.844. The minimum atomic E-state index is -1.00. The number of benzene rings is 1. The van der Waals surface area contributed by atoms with Gasteiger partial charge in [-0.2, -0.15) is 5.26 Å². The Morgan fingerprint density at radius 3 is 2.94 bits per heavy atom. The summed E-state index contributed by atoms with van der Waals surface area (Å²) in [6.07, 6.45) is 3.59. The lowest BCUT2D eigenvalue weighted by molar-refractivity contribution is 0.0691. The second kappa shape index (κ2) is 4.54. The molecule has 0 saturated carbocycles. The Bertz CT molecular complexity index is 632. The first-order chi connectivity index (χ1) is 8.24. The van der Waals surface area contributed by atoms with Crippen molar-refractivity contribution in [1.29, 1.82) is 5.26 Å². The first-order valence-electron chi connectivity index (χ1n) is 5.11. The SMILES string of the molecule is N#CCC=Cc1c(C(=O)O)[nH]c2ccccc12. The summed E-state index contributed by atoms with van der Waals surface area (Å²) >= 11 is 0. The van der Waals surface area contributed by atoms with E-state index in [4.69, 9.17) is 10.4 Å². The Labute approximate surface area is 97.8 Å². The van der Waals surface area contributed by atoms with Crippen LogP contribution in [-0.2, 0) is 0 Å². The summed E-state index contributed by atoms with van der Waals surface area (Å²) in [6, 6.07) is 9.35. The van der Waals surface area contributed by atoms with Gasteiger partial charge in [0.15, 0.2) is 0 Å². The van der Waals surface area contributed by atoms with E-state index in [2.05, 4.69) is 4.98 Å². The number of fused-ring (bicyclic) bond motifs is 1. The molecule has 1 aromatic carbocycles. The fourth-order valence-corrected chi connectivity index (χ4v) is 1.73. The summed E-state index contributed by atoms with van der Waals surface area (Å²) in [6.45, 7) is 0. The van der Waals surface area contributed by atoms with Gasteiger partial charge in [-0.25, -0.2) is 4.79 Å².